The van der Waals surface area contributed by atoms with Crippen molar-refractivity contribution in [3.05, 3.63) is 95.6 Å². The number of nitrogens with one attached hydrogen (secondary N) is 1. The Morgan fingerprint density at radius 3 is 2.15 bits per heavy atom. The fraction of sp³-hybridized carbons (Fsp3) is 0.100. The molecule has 3 aromatic rings. The molecule has 3 nitrogen and oxygen atoms in total. The average molecular weight is 391 g/mol. The van der Waals surface area contributed by atoms with E-state index in [2.05, 4.69) is 4.72 Å². The SMILES string of the molecule is O=S(=O)(Nc1cccc(Cc2ccccc2)c1)c1cccc(C(F)(F)F)c1. The first-order valence-electron chi connectivity index (χ1n) is 8.07. The van der Waals surface area contributed by atoms with Crippen LogP contribution < -0.4 is 4.72 Å². The lowest BCUT2D eigenvalue weighted by molar-refractivity contribution is -0.137. The first-order chi connectivity index (χ1) is 12.7. The molecule has 0 aliphatic heterocycles. The zero-order chi connectivity index (χ0) is 19.5. The van der Waals surface area contributed by atoms with Crippen LogP contribution in [0.4, 0.5) is 18.9 Å². The molecule has 0 bridgehead atoms. The third-order valence-corrected chi connectivity index (χ3v) is 5.28. The fourth-order valence-electron chi connectivity index (χ4n) is 2.63. The van der Waals surface area contributed by atoms with Crippen molar-refractivity contribution in [2.45, 2.75) is 17.5 Å². The van der Waals surface area contributed by atoms with Crippen molar-refractivity contribution < 1.29 is 21.6 Å². The summed E-state index contributed by atoms with van der Waals surface area (Å²) in [4.78, 5) is -0.439. The molecule has 3 rings (SSSR count). The highest BCUT2D eigenvalue weighted by atomic mass is 32.2. The summed E-state index contributed by atoms with van der Waals surface area (Å²) < 4.78 is 65.8. The van der Waals surface area contributed by atoms with Crippen LogP contribution in [0.15, 0.2) is 83.8 Å². The van der Waals surface area contributed by atoms with E-state index in [-0.39, 0.29) is 0 Å². The summed E-state index contributed by atoms with van der Waals surface area (Å²) in [6, 6.07) is 20.1. The van der Waals surface area contributed by atoms with Crippen molar-refractivity contribution in [2.24, 2.45) is 0 Å². The molecule has 0 spiro atoms. The van der Waals surface area contributed by atoms with Crippen molar-refractivity contribution in [1.29, 1.82) is 0 Å². The zero-order valence-electron chi connectivity index (χ0n) is 14.1. The molecule has 1 N–H and O–H groups in total. The van der Waals surface area contributed by atoms with E-state index >= 15 is 0 Å². The summed E-state index contributed by atoms with van der Waals surface area (Å²) in [5.41, 5.74) is 1.23. The topological polar surface area (TPSA) is 46.2 Å². The number of halogens is 3. The Balaban J connectivity index is 1.83. The molecule has 0 heterocycles. The van der Waals surface area contributed by atoms with Gasteiger partial charge in [0.1, 0.15) is 0 Å². The van der Waals surface area contributed by atoms with Crippen LogP contribution in [-0.4, -0.2) is 8.42 Å². The lowest BCUT2D eigenvalue weighted by atomic mass is 10.0. The first-order valence-corrected chi connectivity index (χ1v) is 9.55. The van der Waals surface area contributed by atoms with Crippen LogP contribution in [0.3, 0.4) is 0 Å². The summed E-state index contributed by atoms with van der Waals surface area (Å²) in [5, 5.41) is 0. The predicted molar refractivity (Wildman–Crippen MR) is 97.9 cm³/mol. The quantitative estimate of drug-likeness (QED) is 0.658. The number of hydrogen-bond acceptors (Lipinski definition) is 2. The van der Waals surface area contributed by atoms with E-state index in [0.717, 1.165) is 29.3 Å². The molecular weight excluding hydrogens is 375 g/mol. The Labute approximate surface area is 155 Å². The van der Waals surface area contributed by atoms with Crippen LogP contribution in [0.5, 0.6) is 0 Å². The van der Waals surface area contributed by atoms with Gasteiger partial charge in [-0.1, -0.05) is 48.5 Å². The molecule has 27 heavy (non-hydrogen) atoms. The van der Waals surface area contributed by atoms with Gasteiger partial charge in [0.15, 0.2) is 0 Å². The Morgan fingerprint density at radius 2 is 1.44 bits per heavy atom. The standard InChI is InChI=1S/C20H16F3NO2S/c21-20(22,23)17-9-5-11-19(14-17)27(25,26)24-18-10-4-8-16(13-18)12-15-6-2-1-3-7-15/h1-11,13-14,24H,12H2. The van der Waals surface area contributed by atoms with Crippen molar-refractivity contribution in [2.75, 3.05) is 4.72 Å². The van der Waals surface area contributed by atoms with Crippen molar-refractivity contribution in [3.63, 3.8) is 0 Å². The maximum atomic E-state index is 12.8. The van der Waals surface area contributed by atoms with E-state index < -0.39 is 26.7 Å². The van der Waals surface area contributed by atoms with Gasteiger partial charge in [-0.2, -0.15) is 13.2 Å². The Kier molecular flexibility index (Phi) is 5.23. The first kappa shape index (κ1) is 19.0. The van der Waals surface area contributed by atoms with E-state index in [9.17, 15) is 21.6 Å². The van der Waals surface area contributed by atoms with E-state index in [4.69, 9.17) is 0 Å². The number of hydrogen-bond donors (Lipinski definition) is 1. The number of alkyl halides is 3. The van der Waals surface area contributed by atoms with E-state index in [0.29, 0.717) is 18.2 Å². The molecule has 3 aromatic carbocycles. The molecule has 0 unspecified atom stereocenters. The second-order valence-corrected chi connectivity index (χ2v) is 7.68. The van der Waals surface area contributed by atoms with Crippen molar-refractivity contribution in [3.8, 4) is 0 Å². The molecule has 0 aromatic heterocycles. The number of benzene rings is 3. The van der Waals surface area contributed by atoms with Crippen LogP contribution in [0.1, 0.15) is 16.7 Å². The van der Waals surface area contributed by atoms with E-state index in [1.54, 1.807) is 18.2 Å². The molecule has 0 amide bonds. The van der Waals surface area contributed by atoms with Gasteiger partial charge in [-0.3, -0.25) is 4.72 Å². The van der Waals surface area contributed by atoms with Gasteiger partial charge < -0.3 is 0 Å². The van der Waals surface area contributed by atoms with Gasteiger partial charge in [0, 0.05) is 5.69 Å². The smallest absolute Gasteiger partial charge is 0.280 e. The van der Waals surface area contributed by atoms with Crippen molar-refractivity contribution >= 4 is 15.7 Å². The zero-order valence-corrected chi connectivity index (χ0v) is 14.9. The third kappa shape index (κ3) is 4.89. The predicted octanol–water partition coefficient (Wildman–Crippen LogP) is 5.10. The molecular formula is C20H16F3NO2S. The third-order valence-electron chi connectivity index (χ3n) is 3.90. The fourth-order valence-corrected chi connectivity index (χ4v) is 3.72. The number of anilines is 1. The largest absolute Gasteiger partial charge is 0.416 e. The second-order valence-electron chi connectivity index (χ2n) is 5.99. The molecule has 0 atom stereocenters. The molecule has 0 saturated carbocycles. The second kappa shape index (κ2) is 7.44. The van der Waals surface area contributed by atoms with Crippen LogP contribution >= 0.6 is 0 Å². The normalized spacial score (nSPS) is 12.0. The monoisotopic (exact) mass is 391 g/mol. The average Bonchev–Trinajstić information content (AvgIpc) is 2.62. The highest BCUT2D eigenvalue weighted by Crippen LogP contribution is 2.31. The molecule has 0 aliphatic carbocycles. The van der Waals surface area contributed by atoms with Gasteiger partial charge in [0.05, 0.1) is 10.5 Å². The summed E-state index contributed by atoms with van der Waals surface area (Å²) in [7, 11) is -4.14. The lowest BCUT2D eigenvalue weighted by Gasteiger charge is -2.12. The molecule has 0 saturated heterocycles. The molecule has 140 valence electrons. The highest BCUT2D eigenvalue weighted by Gasteiger charge is 2.31. The van der Waals surface area contributed by atoms with Gasteiger partial charge >= 0.3 is 6.18 Å². The van der Waals surface area contributed by atoms with Gasteiger partial charge in [-0.25, -0.2) is 8.42 Å². The van der Waals surface area contributed by atoms with Crippen LogP contribution in [-0.2, 0) is 22.6 Å². The molecule has 0 aliphatic rings. The molecule has 0 fully saturated rings. The minimum Gasteiger partial charge on any atom is -0.280 e. The Bertz CT molecular complexity index is 1030. The van der Waals surface area contributed by atoms with E-state index in [1.807, 2.05) is 36.4 Å². The van der Waals surface area contributed by atoms with Gasteiger partial charge in [-0.15, -0.1) is 0 Å². The molecule has 7 heteroatoms. The number of sulfonamides is 1. The highest BCUT2D eigenvalue weighted by molar-refractivity contribution is 7.92. The van der Waals surface area contributed by atoms with Gasteiger partial charge in [0.25, 0.3) is 10.0 Å². The summed E-state index contributed by atoms with van der Waals surface area (Å²) in [6.45, 7) is 0. The minimum absolute atomic E-state index is 0.292. The Morgan fingerprint density at radius 1 is 0.778 bits per heavy atom. The van der Waals surface area contributed by atoms with Gasteiger partial charge in [0.2, 0.25) is 0 Å². The van der Waals surface area contributed by atoms with E-state index in [1.165, 1.54) is 0 Å². The molecule has 0 radical (unpaired) electrons. The number of rotatable bonds is 5. The Hall–Kier alpha value is -2.80. The summed E-state index contributed by atoms with van der Waals surface area (Å²) in [6.07, 6.45) is -4.00. The summed E-state index contributed by atoms with van der Waals surface area (Å²) >= 11 is 0. The van der Waals surface area contributed by atoms with Crippen LogP contribution in [0.2, 0.25) is 0 Å². The maximum absolute atomic E-state index is 12.8. The summed E-state index contributed by atoms with van der Waals surface area (Å²) in [5.74, 6) is 0. The van der Waals surface area contributed by atoms with Gasteiger partial charge in [-0.05, 0) is 47.9 Å². The minimum atomic E-state index is -4.61. The van der Waals surface area contributed by atoms with Crippen LogP contribution in [0.25, 0.3) is 0 Å². The maximum Gasteiger partial charge on any atom is 0.416 e. The lowest BCUT2D eigenvalue weighted by Crippen LogP contribution is -2.14. The van der Waals surface area contributed by atoms with Crippen LogP contribution in [0, 0.1) is 0 Å². The van der Waals surface area contributed by atoms with Crippen molar-refractivity contribution in [1.82, 2.24) is 0 Å².